The first-order valence-corrected chi connectivity index (χ1v) is 11.7. The second kappa shape index (κ2) is 9.81. The highest BCUT2D eigenvalue weighted by atomic mass is 35.5. The highest BCUT2D eigenvalue weighted by Crippen LogP contribution is 2.41. The van der Waals surface area contributed by atoms with Crippen molar-refractivity contribution < 1.29 is 22.3 Å². The molecule has 0 radical (unpaired) electrons. The number of hydrogen-bond acceptors (Lipinski definition) is 7. The summed E-state index contributed by atoms with van der Waals surface area (Å²) in [4.78, 5) is 6.12. The summed E-state index contributed by atoms with van der Waals surface area (Å²) in [5.41, 5.74) is -0.704. The van der Waals surface area contributed by atoms with E-state index in [4.69, 9.17) is 27.9 Å². The van der Waals surface area contributed by atoms with Gasteiger partial charge in [0, 0.05) is 25.8 Å². The average molecular weight is 526 g/mol. The Hall–Kier alpha value is -1.82. The molecule has 3 heterocycles. The van der Waals surface area contributed by atoms with E-state index in [2.05, 4.69) is 25.8 Å². The summed E-state index contributed by atoms with van der Waals surface area (Å²) in [7, 11) is 1.64. The molecule has 2 atom stereocenters. The van der Waals surface area contributed by atoms with Crippen LogP contribution in [0.3, 0.4) is 0 Å². The third-order valence-corrected chi connectivity index (χ3v) is 7.20. The van der Waals surface area contributed by atoms with Crippen LogP contribution >= 0.6 is 35.0 Å². The number of methoxy groups -OCH3 is 1. The number of hydrogen-bond donors (Lipinski definition) is 3. The van der Waals surface area contributed by atoms with Gasteiger partial charge in [0.15, 0.2) is 17.2 Å². The van der Waals surface area contributed by atoms with Crippen molar-refractivity contribution in [1.82, 2.24) is 20.9 Å². The Morgan fingerprint density at radius 2 is 2.09 bits per heavy atom. The molecule has 0 amide bonds. The number of aliphatic imine (C=N–C) groups is 1. The number of halogens is 6. The number of likely N-dealkylation sites (tertiary alicyclic amines) is 1. The van der Waals surface area contributed by atoms with Crippen molar-refractivity contribution in [1.29, 1.82) is 0 Å². The summed E-state index contributed by atoms with van der Waals surface area (Å²) in [5, 5.41) is 8.90. The molecule has 3 aliphatic heterocycles. The molecular weight excluding hydrogens is 505 g/mol. The molecule has 1 aromatic rings. The van der Waals surface area contributed by atoms with E-state index >= 15 is 0 Å². The van der Waals surface area contributed by atoms with Gasteiger partial charge in [-0.1, -0.05) is 41.0 Å². The summed E-state index contributed by atoms with van der Waals surface area (Å²) in [6.45, 7) is 1.40. The first kappa shape index (κ1) is 24.3. The van der Waals surface area contributed by atoms with E-state index < -0.39 is 23.1 Å². The Bertz CT molecular complexity index is 1020. The van der Waals surface area contributed by atoms with Crippen LogP contribution in [0.15, 0.2) is 39.2 Å². The number of ether oxygens (including phenoxy) is 1. The van der Waals surface area contributed by atoms with Gasteiger partial charge < -0.3 is 25.6 Å². The maximum Gasteiger partial charge on any atom is 0.417 e. The van der Waals surface area contributed by atoms with Gasteiger partial charge in [0.05, 0.1) is 27.4 Å². The van der Waals surface area contributed by atoms with Crippen LogP contribution in [0.4, 0.5) is 17.6 Å². The number of thioether (sulfide) groups is 1. The van der Waals surface area contributed by atoms with Gasteiger partial charge in [-0.3, -0.25) is 0 Å². The zero-order chi connectivity index (χ0) is 23.8. The molecule has 1 aromatic carbocycles. The highest BCUT2D eigenvalue weighted by molar-refractivity contribution is 8.04. The zero-order valence-corrected chi connectivity index (χ0v) is 19.7. The minimum Gasteiger partial charge on any atom is -0.380 e. The Morgan fingerprint density at radius 3 is 2.82 bits per heavy atom. The van der Waals surface area contributed by atoms with E-state index in [1.54, 1.807) is 7.11 Å². The van der Waals surface area contributed by atoms with Crippen molar-refractivity contribution in [2.45, 2.75) is 30.6 Å². The van der Waals surface area contributed by atoms with Crippen LogP contribution in [0.5, 0.6) is 0 Å². The Kier molecular flexibility index (Phi) is 7.23. The molecule has 33 heavy (non-hydrogen) atoms. The second-order valence-electron chi connectivity index (χ2n) is 7.57. The molecule has 3 N–H and O–H groups in total. The van der Waals surface area contributed by atoms with Gasteiger partial charge in [0.2, 0.25) is 0 Å². The van der Waals surface area contributed by atoms with E-state index in [1.165, 1.54) is 23.9 Å². The van der Waals surface area contributed by atoms with Crippen LogP contribution in [0.25, 0.3) is 5.70 Å². The van der Waals surface area contributed by atoms with Crippen LogP contribution in [-0.2, 0) is 10.9 Å². The normalized spacial score (nSPS) is 24.0. The predicted octanol–water partition coefficient (Wildman–Crippen LogP) is 4.64. The lowest BCUT2D eigenvalue weighted by atomic mass is 10.1. The van der Waals surface area contributed by atoms with Gasteiger partial charge in [-0.05, 0) is 25.0 Å². The van der Waals surface area contributed by atoms with E-state index in [9.17, 15) is 17.6 Å². The number of benzene rings is 1. The third-order valence-electron chi connectivity index (χ3n) is 5.42. The summed E-state index contributed by atoms with van der Waals surface area (Å²) in [6, 6.07) is 3.77. The molecule has 0 saturated carbocycles. The van der Waals surface area contributed by atoms with Crippen molar-refractivity contribution in [2.24, 2.45) is 4.99 Å². The van der Waals surface area contributed by atoms with Crippen LogP contribution in [0.2, 0.25) is 5.02 Å². The summed E-state index contributed by atoms with van der Waals surface area (Å²) >= 11 is 13.0. The number of alkyl halides is 3. The summed E-state index contributed by atoms with van der Waals surface area (Å²) in [5.74, 6) is -0.770. The van der Waals surface area contributed by atoms with Crippen LogP contribution in [-0.4, -0.2) is 49.2 Å². The zero-order valence-electron chi connectivity index (χ0n) is 17.4. The molecular formula is C20H21Cl2F4N5OS. The minimum absolute atomic E-state index is 0.00374. The monoisotopic (exact) mass is 525 g/mol. The minimum atomic E-state index is -4.60. The number of nitrogens with one attached hydrogen (secondary N) is 3. The predicted molar refractivity (Wildman–Crippen MR) is 122 cm³/mol. The van der Waals surface area contributed by atoms with Crippen molar-refractivity contribution in [3.8, 4) is 0 Å². The Labute approximate surface area is 202 Å². The van der Waals surface area contributed by atoms with Crippen LogP contribution < -0.4 is 16.0 Å². The fraction of sp³-hybridized carbons (Fsp3) is 0.450. The smallest absolute Gasteiger partial charge is 0.380 e. The van der Waals surface area contributed by atoms with E-state index in [0.717, 1.165) is 23.9 Å². The van der Waals surface area contributed by atoms with E-state index in [-0.39, 0.29) is 28.8 Å². The lowest BCUT2D eigenvalue weighted by molar-refractivity contribution is -0.137. The SMILES string of the molecule is CO[C@H]1CCCN(C2=C(c3ccc(Cl)c(C(F)(F)F)c3)NC(NC3=NCNC(Cl)=C3F)S2)C1. The lowest BCUT2D eigenvalue weighted by Crippen LogP contribution is -2.42. The Balaban J connectivity index is 1.66. The number of nitrogens with zero attached hydrogens (tertiary/aromatic N) is 2. The van der Waals surface area contributed by atoms with Gasteiger partial charge in [0.1, 0.15) is 11.8 Å². The third kappa shape index (κ3) is 5.31. The van der Waals surface area contributed by atoms with E-state index in [1.807, 2.05) is 0 Å². The highest BCUT2D eigenvalue weighted by Gasteiger charge is 2.36. The molecule has 180 valence electrons. The molecule has 0 spiro atoms. The number of rotatable bonds is 4. The van der Waals surface area contributed by atoms with Crippen molar-refractivity contribution in [2.75, 3.05) is 26.9 Å². The molecule has 6 nitrogen and oxygen atoms in total. The molecule has 3 aliphatic rings. The van der Waals surface area contributed by atoms with Gasteiger partial charge in [-0.2, -0.15) is 17.6 Å². The summed E-state index contributed by atoms with van der Waals surface area (Å²) in [6.07, 6.45) is -2.83. The fourth-order valence-corrected chi connectivity index (χ4v) is 5.34. The van der Waals surface area contributed by atoms with Gasteiger partial charge in [0.25, 0.3) is 0 Å². The maximum atomic E-state index is 14.4. The largest absolute Gasteiger partial charge is 0.417 e. The maximum absolute atomic E-state index is 14.4. The second-order valence-corrected chi connectivity index (χ2v) is 9.45. The Morgan fingerprint density at radius 1 is 1.30 bits per heavy atom. The summed E-state index contributed by atoms with van der Waals surface area (Å²) < 4.78 is 60.3. The molecule has 0 aliphatic carbocycles. The van der Waals surface area contributed by atoms with Gasteiger partial charge >= 0.3 is 6.18 Å². The van der Waals surface area contributed by atoms with Crippen LogP contribution in [0, 0.1) is 0 Å². The molecule has 1 unspecified atom stereocenters. The topological polar surface area (TPSA) is 60.9 Å². The number of piperidine rings is 1. The quantitative estimate of drug-likeness (QED) is 0.393. The first-order chi connectivity index (χ1) is 15.7. The first-order valence-electron chi connectivity index (χ1n) is 10.1. The molecule has 1 saturated heterocycles. The van der Waals surface area contributed by atoms with Crippen molar-refractivity contribution >= 4 is 46.5 Å². The van der Waals surface area contributed by atoms with Crippen molar-refractivity contribution in [3.63, 3.8) is 0 Å². The van der Waals surface area contributed by atoms with E-state index in [0.29, 0.717) is 24.4 Å². The van der Waals surface area contributed by atoms with Crippen molar-refractivity contribution in [3.05, 3.63) is 50.4 Å². The number of amidine groups is 1. The van der Waals surface area contributed by atoms with Gasteiger partial charge in [-0.25, -0.2) is 4.99 Å². The molecule has 13 heteroatoms. The fourth-order valence-electron chi connectivity index (χ4n) is 3.78. The molecule has 1 fully saturated rings. The molecule has 0 aromatic heterocycles. The van der Waals surface area contributed by atoms with Gasteiger partial charge in [-0.15, -0.1) is 0 Å². The van der Waals surface area contributed by atoms with Crippen LogP contribution in [0.1, 0.15) is 24.0 Å². The lowest BCUT2D eigenvalue weighted by Gasteiger charge is -2.34. The molecule has 0 bridgehead atoms. The molecule has 4 rings (SSSR count). The average Bonchev–Trinajstić information content (AvgIpc) is 3.20. The standard InChI is InChI=1S/C20H21Cl2F4N5OS/c1-32-11-3-2-6-31(8-11)18-15(10-4-5-13(21)12(7-10)20(24,25)26)29-19(33-18)30-17-14(23)16(22)27-9-28-17/h4-5,7,11,19,27,29H,2-3,6,8-9H2,1H3,(H,28,30)/t11-,19?/m0/s1.